The summed E-state index contributed by atoms with van der Waals surface area (Å²) in [6.07, 6.45) is 10.0. The summed E-state index contributed by atoms with van der Waals surface area (Å²) in [5, 5.41) is 0. The van der Waals surface area contributed by atoms with Crippen molar-refractivity contribution in [2.75, 3.05) is 19.8 Å². The van der Waals surface area contributed by atoms with Crippen LogP contribution in [0.25, 0.3) is 11.1 Å². The topological polar surface area (TPSA) is 27.7 Å². The normalized spacial score (nSPS) is 24.8. The maximum absolute atomic E-state index is 15.0. The monoisotopic (exact) mass is 506 g/mol. The van der Waals surface area contributed by atoms with Crippen LogP contribution in [0.2, 0.25) is 0 Å². The van der Waals surface area contributed by atoms with Gasteiger partial charge in [0.25, 0.3) is 0 Å². The standard InChI is InChI=1S/C29H34F4O3/c1-3-5-20-9-6-18(16-35-20)7-10-21-11-8-19(17-36-21)22-12-13-23(27(31)26(22)30)24-14-15-25(34-4-2)29(33)28(24)32/h3,5,12-15,18-21H,4,6-11,16-17H2,1-2H3. The maximum Gasteiger partial charge on any atom is 0.201 e. The SMILES string of the molecule is CC=CC1CCC(CCC2CCC(c3ccc(-c4ccc(OCC)c(F)c4F)c(F)c3F)CO2)CO1. The van der Waals surface area contributed by atoms with Crippen LogP contribution >= 0.6 is 0 Å². The quantitative estimate of drug-likeness (QED) is 0.271. The predicted molar refractivity (Wildman–Crippen MR) is 131 cm³/mol. The van der Waals surface area contributed by atoms with Gasteiger partial charge < -0.3 is 14.2 Å². The highest BCUT2D eigenvalue weighted by Gasteiger charge is 2.29. The number of hydrogen-bond donors (Lipinski definition) is 0. The van der Waals surface area contributed by atoms with E-state index in [0.717, 1.165) is 38.7 Å². The van der Waals surface area contributed by atoms with Gasteiger partial charge in [0.15, 0.2) is 23.2 Å². The largest absolute Gasteiger partial charge is 0.491 e. The van der Waals surface area contributed by atoms with Gasteiger partial charge in [-0.3, -0.25) is 0 Å². The van der Waals surface area contributed by atoms with Crippen LogP contribution in [0.1, 0.15) is 63.9 Å². The van der Waals surface area contributed by atoms with Crippen LogP contribution in [0.3, 0.4) is 0 Å². The molecule has 2 aromatic carbocycles. The van der Waals surface area contributed by atoms with Gasteiger partial charge in [0, 0.05) is 17.0 Å². The van der Waals surface area contributed by atoms with Crippen molar-refractivity contribution in [2.24, 2.45) is 5.92 Å². The molecule has 4 unspecified atom stereocenters. The predicted octanol–water partition coefficient (Wildman–Crippen LogP) is 7.72. The van der Waals surface area contributed by atoms with Crippen LogP contribution in [0.15, 0.2) is 36.4 Å². The van der Waals surface area contributed by atoms with Crippen molar-refractivity contribution in [3.8, 4) is 16.9 Å². The summed E-state index contributed by atoms with van der Waals surface area (Å²) in [6, 6.07) is 5.18. The van der Waals surface area contributed by atoms with E-state index >= 15 is 4.39 Å². The van der Waals surface area contributed by atoms with Gasteiger partial charge in [0.2, 0.25) is 5.82 Å². The molecule has 0 aliphatic carbocycles. The summed E-state index contributed by atoms with van der Waals surface area (Å²) >= 11 is 0. The van der Waals surface area contributed by atoms with Crippen LogP contribution in [0.5, 0.6) is 5.75 Å². The summed E-state index contributed by atoms with van der Waals surface area (Å²) in [6.45, 7) is 4.86. The lowest BCUT2D eigenvalue weighted by molar-refractivity contribution is -0.0206. The third kappa shape index (κ3) is 5.94. The molecule has 0 saturated carbocycles. The zero-order valence-electron chi connectivity index (χ0n) is 20.9. The van der Waals surface area contributed by atoms with Crippen molar-refractivity contribution in [2.45, 2.75) is 70.5 Å². The molecular formula is C29H34F4O3. The molecule has 2 aliphatic rings. The number of benzene rings is 2. The smallest absolute Gasteiger partial charge is 0.201 e. The van der Waals surface area contributed by atoms with E-state index in [4.69, 9.17) is 14.2 Å². The number of hydrogen-bond acceptors (Lipinski definition) is 3. The van der Waals surface area contributed by atoms with Gasteiger partial charge in [0.1, 0.15) is 0 Å². The van der Waals surface area contributed by atoms with E-state index in [9.17, 15) is 13.2 Å². The van der Waals surface area contributed by atoms with Crippen molar-refractivity contribution < 1.29 is 31.8 Å². The van der Waals surface area contributed by atoms with E-state index < -0.39 is 23.3 Å². The first-order valence-electron chi connectivity index (χ1n) is 12.9. The van der Waals surface area contributed by atoms with Crippen LogP contribution in [0.4, 0.5) is 17.6 Å². The van der Waals surface area contributed by atoms with Crippen molar-refractivity contribution in [3.05, 3.63) is 65.2 Å². The average Bonchev–Trinajstić information content (AvgIpc) is 2.89. The molecule has 2 fully saturated rings. The third-order valence-electron chi connectivity index (χ3n) is 7.27. The number of ether oxygens (including phenoxy) is 3. The van der Waals surface area contributed by atoms with Gasteiger partial charge in [-0.25, -0.2) is 13.2 Å². The van der Waals surface area contributed by atoms with E-state index in [0.29, 0.717) is 18.9 Å². The lowest BCUT2D eigenvalue weighted by Gasteiger charge is -2.32. The van der Waals surface area contributed by atoms with E-state index in [1.165, 1.54) is 24.3 Å². The zero-order chi connectivity index (χ0) is 25.7. The molecule has 36 heavy (non-hydrogen) atoms. The van der Waals surface area contributed by atoms with Gasteiger partial charge in [-0.2, -0.15) is 4.39 Å². The fraction of sp³-hybridized carbons (Fsp3) is 0.517. The Morgan fingerprint density at radius 2 is 1.58 bits per heavy atom. The highest BCUT2D eigenvalue weighted by molar-refractivity contribution is 5.66. The first-order chi connectivity index (χ1) is 17.4. The zero-order valence-corrected chi connectivity index (χ0v) is 20.9. The first-order valence-corrected chi connectivity index (χ1v) is 12.9. The second kappa shape index (κ2) is 12.2. The van der Waals surface area contributed by atoms with E-state index in [1.54, 1.807) is 6.92 Å². The molecule has 0 bridgehead atoms. The molecule has 3 nitrogen and oxygen atoms in total. The second-order valence-corrected chi connectivity index (χ2v) is 9.65. The summed E-state index contributed by atoms with van der Waals surface area (Å²) in [4.78, 5) is 0. The van der Waals surface area contributed by atoms with E-state index in [1.807, 2.05) is 13.0 Å². The first kappa shape index (κ1) is 26.7. The van der Waals surface area contributed by atoms with Gasteiger partial charge in [-0.15, -0.1) is 0 Å². The molecule has 196 valence electrons. The molecule has 0 N–H and O–H groups in total. The number of halogens is 4. The lowest BCUT2D eigenvalue weighted by atomic mass is 9.87. The minimum atomic E-state index is -1.27. The van der Waals surface area contributed by atoms with Crippen molar-refractivity contribution in [3.63, 3.8) is 0 Å². The summed E-state index contributed by atoms with van der Waals surface area (Å²) in [7, 11) is 0. The highest BCUT2D eigenvalue weighted by atomic mass is 19.2. The molecule has 0 amide bonds. The second-order valence-electron chi connectivity index (χ2n) is 9.65. The highest BCUT2D eigenvalue weighted by Crippen LogP contribution is 2.37. The molecule has 4 atom stereocenters. The maximum atomic E-state index is 15.0. The molecule has 2 aliphatic heterocycles. The molecule has 0 radical (unpaired) electrons. The minimum Gasteiger partial charge on any atom is -0.491 e. The molecule has 0 spiro atoms. The molecule has 0 aromatic heterocycles. The van der Waals surface area contributed by atoms with Gasteiger partial charge >= 0.3 is 0 Å². The molecule has 2 saturated heterocycles. The number of rotatable bonds is 8. The summed E-state index contributed by atoms with van der Waals surface area (Å²) in [5.41, 5.74) is -0.462. The van der Waals surface area contributed by atoms with Crippen molar-refractivity contribution in [1.82, 2.24) is 0 Å². The van der Waals surface area contributed by atoms with Crippen LogP contribution < -0.4 is 4.74 Å². The molecule has 7 heteroatoms. The van der Waals surface area contributed by atoms with Crippen molar-refractivity contribution >= 4 is 0 Å². The lowest BCUT2D eigenvalue weighted by Crippen LogP contribution is -2.28. The molecule has 4 rings (SSSR count). The molecule has 2 heterocycles. The van der Waals surface area contributed by atoms with Crippen LogP contribution in [-0.2, 0) is 9.47 Å². The Balaban J connectivity index is 1.35. The summed E-state index contributed by atoms with van der Waals surface area (Å²) < 4.78 is 75.8. The van der Waals surface area contributed by atoms with Gasteiger partial charge in [-0.05, 0) is 76.0 Å². The fourth-order valence-corrected chi connectivity index (χ4v) is 5.22. The Morgan fingerprint density at radius 3 is 2.22 bits per heavy atom. The Hall–Kier alpha value is -2.38. The fourth-order valence-electron chi connectivity index (χ4n) is 5.22. The molecular weight excluding hydrogens is 472 g/mol. The number of allylic oxidation sites excluding steroid dienone is 1. The Morgan fingerprint density at radius 1 is 0.833 bits per heavy atom. The third-order valence-corrected chi connectivity index (χ3v) is 7.27. The van der Waals surface area contributed by atoms with Crippen LogP contribution in [-0.4, -0.2) is 32.0 Å². The Bertz CT molecular complexity index is 1050. The average molecular weight is 507 g/mol. The van der Waals surface area contributed by atoms with Gasteiger partial charge in [0.05, 0.1) is 32.0 Å². The van der Waals surface area contributed by atoms with Crippen LogP contribution in [0, 0.1) is 29.2 Å². The minimum absolute atomic E-state index is 0.0996. The Labute approximate surface area is 210 Å². The summed E-state index contributed by atoms with van der Waals surface area (Å²) in [5.74, 6) is -4.74. The van der Waals surface area contributed by atoms with E-state index in [2.05, 4.69) is 6.08 Å². The van der Waals surface area contributed by atoms with Gasteiger partial charge in [-0.1, -0.05) is 24.3 Å². The Kier molecular flexibility index (Phi) is 9.07. The molecule has 2 aromatic rings. The van der Waals surface area contributed by atoms with E-state index in [-0.39, 0.29) is 47.2 Å². The van der Waals surface area contributed by atoms with Crippen molar-refractivity contribution in [1.29, 1.82) is 0 Å².